The van der Waals surface area contributed by atoms with Crippen molar-refractivity contribution >= 4 is 5.97 Å². The molecular formula is C19H33N3O6. The molecule has 0 aromatic heterocycles. The molecule has 160 valence electrons. The van der Waals surface area contributed by atoms with Crippen LogP contribution in [0.3, 0.4) is 0 Å². The summed E-state index contributed by atoms with van der Waals surface area (Å²) in [6.07, 6.45) is -1.46. The third kappa shape index (κ3) is 4.78. The zero-order valence-electron chi connectivity index (χ0n) is 17.8. The van der Waals surface area contributed by atoms with Gasteiger partial charge in [0.25, 0.3) is 0 Å². The molecule has 9 heteroatoms. The summed E-state index contributed by atoms with van der Waals surface area (Å²) in [5.41, 5.74) is 8.97. The highest BCUT2D eigenvalue weighted by Crippen LogP contribution is 2.38. The molecule has 2 fully saturated rings. The second-order valence-electron chi connectivity index (χ2n) is 7.84. The van der Waals surface area contributed by atoms with Crippen LogP contribution in [0.1, 0.15) is 48.0 Å². The number of hydrogen-bond donors (Lipinski definition) is 0. The van der Waals surface area contributed by atoms with Crippen molar-refractivity contribution in [3.63, 3.8) is 0 Å². The normalized spacial score (nSPS) is 43.8. The first-order chi connectivity index (χ1) is 13.2. The highest BCUT2D eigenvalue weighted by atomic mass is 16.7. The molecule has 10 atom stereocenters. The fourth-order valence-electron chi connectivity index (χ4n) is 4.23. The number of azide groups is 1. The Morgan fingerprint density at radius 2 is 1.75 bits per heavy atom. The fourth-order valence-corrected chi connectivity index (χ4v) is 4.23. The Balaban J connectivity index is 2.22. The quantitative estimate of drug-likeness (QED) is 0.293. The van der Waals surface area contributed by atoms with E-state index in [0.29, 0.717) is 6.42 Å². The van der Waals surface area contributed by atoms with Gasteiger partial charge in [0.15, 0.2) is 6.29 Å². The highest BCUT2D eigenvalue weighted by Gasteiger charge is 2.48. The Morgan fingerprint density at radius 3 is 2.29 bits per heavy atom. The lowest BCUT2D eigenvalue weighted by Crippen LogP contribution is -2.58. The van der Waals surface area contributed by atoms with Gasteiger partial charge in [0.2, 0.25) is 6.29 Å². The molecule has 4 unspecified atom stereocenters. The summed E-state index contributed by atoms with van der Waals surface area (Å²) in [5, 5.41) is 3.82. The predicted molar refractivity (Wildman–Crippen MR) is 101 cm³/mol. The van der Waals surface area contributed by atoms with Crippen LogP contribution in [0.25, 0.3) is 10.4 Å². The molecule has 0 saturated carbocycles. The number of nitrogens with zero attached hydrogens (tertiary/aromatic N) is 3. The van der Waals surface area contributed by atoms with Crippen LogP contribution >= 0.6 is 0 Å². The second kappa shape index (κ2) is 9.89. The number of rotatable bonds is 6. The number of ether oxygens (including phenoxy) is 5. The smallest absolute Gasteiger partial charge is 0.304 e. The topological polar surface area (TPSA) is 112 Å². The predicted octanol–water partition coefficient (Wildman–Crippen LogP) is 3.42. The maximum Gasteiger partial charge on any atom is 0.304 e. The van der Waals surface area contributed by atoms with E-state index < -0.39 is 24.6 Å². The Kier molecular flexibility index (Phi) is 8.09. The Bertz CT molecular complexity index is 584. The monoisotopic (exact) mass is 399 g/mol. The van der Waals surface area contributed by atoms with Crippen molar-refractivity contribution in [3.8, 4) is 0 Å². The van der Waals surface area contributed by atoms with E-state index in [0.717, 1.165) is 0 Å². The van der Waals surface area contributed by atoms with Gasteiger partial charge in [-0.1, -0.05) is 32.8 Å². The van der Waals surface area contributed by atoms with E-state index in [2.05, 4.69) is 16.9 Å². The number of esters is 1. The van der Waals surface area contributed by atoms with Crippen molar-refractivity contribution in [3.05, 3.63) is 10.4 Å². The molecule has 0 aromatic carbocycles. The minimum Gasteiger partial charge on any atom is -0.435 e. The summed E-state index contributed by atoms with van der Waals surface area (Å²) in [5.74, 6) is -0.457. The minimum atomic E-state index is -0.927. The SMILES string of the molecule is CCC1O[C@H](OC(C)=O)C(N=[N+]=[N-])[C@@H](C)[C@@H]1O[C@@H]1OC(C)[C@@H](C)C(OC)[C@@H]1C. The molecular weight excluding hydrogens is 366 g/mol. The van der Waals surface area contributed by atoms with Crippen molar-refractivity contribution in [2.45, 2.75) is 91.0 Å². The van der Waals surface area contributed by atoms with E-state index in [-0.39, 0.29) is 42.2 Å². The van der Waals surface area contributed by atoms with Gasteiger partial charge in [0, 0.05) is 30.8 Å². The van der Waals surface area contributed by atoms with E-state index in [9.17, 15) is 4.79 Å². The molecule has 0 radical (unpaired) electrons. The van der Waals surface area contributed by atoms with Crippen LogP contribution in [0.2, 0.25) is 0 Å². The Hall–Kier alpha value is -1.38. The van der Waals surface area contributed by atoms with E-state index in [1.807, 2.05) is 27.7 Å². The average Bonchev–Trinajstić information content (AvgIpc) is 2.64. The van der Waals surface area contributed by atoms with Crippen molar-refractivity contribution in [1.82, 2.24) is 0 Å². The van der Waals surface area contributed by atoms with Crippen LogP contribution in [0.5, 0.6) is 0 Å². The van der Waals surface area contributed by atoms with E-state index in [1.165, 1.54) is 6.92 Å². The molecule has 0 N–H and O–H groups in total. The number of carbonyl (C=O) groups excluding carboxylic acids is 1. The van der Waals surface area contributed by atoms with Gasteiger partial charge in [-0.3, -0.25) is 4.79 Å². The molecule has 2 rings (SSSR count). The largest absolute Gasteiger partial charge is 0.435 e. The lowest BCUT2D eigenvalue weighted by atomic mass is 9.85. The molecule has 0 aliphatic carbocycles. The van der Waals surface area contributed by atoms with Gasteiger partial charge in [-0.2, -0.15) is 0 Å². The maximum atomic E-state index is 11.4. The van der Waals surface area contributed by atoms with Gasteiger partial charge in [0.1, 0.15) is 6.04 Å². The van der Waals surface area contributed by atoms with Gasteiger partial charge in [0.05, 0.1) is 24.4 Å². The molecule has 2 saturated heterocycles. The van der Waals surface area contributed by atoms with Crippen molar-refractivity contribution in [1.29, 1.82) is 0 Å². The molecule has 0 bridgehead atoms. The first-order valence-electron chi connectivity index (χ1n) is 9.95. The van der Waals surface area contributed by atoms with E-state index in [4.69, 9.17) is 29.2 Å². The zero-order chi connectivity index (χ0) is 21.0. The van der Waals surface area contributed by atoms with Crippen molar-refractivity contribution in [2.75, 3.05) is 7.11 Å². The molecule has 2 aliphatic heterocycles. The van der Waals surface area contributed by atoms with Gasteiger partial charge in [-0.05, 0) is 24.8 Å². The van der Waals surface area contributed by atoms with Crippen LogP contribution in [0.4, 0.5) is 0 Å². The number of hydrogen-bond acceptors (Lipinski definition) is 7. The van der Waals surface area contributed by atoms with Crippen LogP contribution < -0.4 is 0 Å². The maximum absolute atomic E-state index is 11.4. The molecule has 2 heterocycles. The molecule has 0 amide bonds. The third-order valence-electron chi connectivity index (χ3n) is 6.00. The summed E-state index contributed by atoms with van der Waals surface area (Å²) in [4.78, 5) is 14.3. The van der Waals surface area contributed by atoms with Crippen LogP contribution in [-0.4, -0.2) is 56.1 Å². The van der Waals surface area contributed by atoms with Crippen LogP contribution in [0, 0.1) is 17.8 Å². The van der Waals surface area contributed by atoms with Crippen molar-refractivity contribution in [2.24, 2.45) is 22.9 Å². The number of methoxy groups -OCH3 is 1. The second-order valence-corrected chi connectivity index (χ2v) is 7.84. The first-order valence-corrected chi connectivity index (χ1v) is 9.95. The third-order valence-corrected chi connectivity index (χ3v) is 6.00. The molecule has 28 heavy (non-hydrogen) atoms. The van der Waals surface area contributed by atoms with Gasteiger partial charge < -0.3 is 23.7 Å². The van der Waals surface area contributed by atoms with Gasteiger partial charge in [-0.25, -0.2) is 0 Å². The highest BCUT2D eigenvalue weighted by molar-refractivity contribution is 5.66. The summed E-state index contributed by atoms with van der Waals surface area (Å²) in [6, 6.07) is -0.685. The molecule has 0 aromatic rings. The molecule has 2 aliphatic rings. The summed E-state index contributed by atoms with van der Waals surface area (Å²) in [7, 11) is 1.70. The van der Waals surface area contributed by atoms with Gasteiger partial charge >= 0.3 is 5.97 Å². The summed E-state index contributed by atoms with van der Waals surface area (Å²) >= 11 is 0. The Morgan fingerprint density at radius 1 is 1.07 bits per heavy atom. The lowest BCUT2D eigenvalue weighted by molar-refractivity contribution is -0.316. The molecule has 0 spiro atoms. The van der Waals surface area contributed by atoms with Crippen LogP contribution in [-0.2, 0) is 28.5 Å². The van der Waals surface area contributed by atoms with Crippen LogP contribution in [0.15, 0.2) is 5.11 Å². The average molecular weight is 399 g/mol. The lowest BCUT2D eigenvalue weighted by Gasteiger charge is -2.48. The summed E-state index contributed by atoms with van der Waals surface area (Å²) in [6.45, 7) is 11.3. The van der Waals surface area contributed by atoms with Crippen molar-refractivity contribution < 1.29 is 28.5 Å². The zero-order valence-corrected chi connectivity index (χ0v) is 17.8. The van der Waals surface area contributed by atoms with E-state index in [1.54, 1.807) is 7.11 Å². The summed E-state index contributed by atoms with van der Waals surface area (Å²) < 4.78 is 29.4. The molecule has 9 nitrogen and oxygen atoms in total. The van der Waals surface area contributed by atoms with E-state index >= 15 is 0 Å². The van der Waals surface area contributed by atoms with Gasteiger partial charge in [-0.15, -0.1) is 0 Å². The Labute approximate surface area is 166 Å². The minimum absolute atomic E-state index is 0.00959. The standard InChI is InChI=1S/C19H33N3O6/c1-8-14-17(10(3)15(21-22-20)19(27-14)26-13(6)23)28-18-11(4)16(24-7)9(2)12(5)25-18/h9-12,14-19H,8H2,1-7H3/t9-,10-,11+,12?,14?,15?,16?,17+,18+,19+/m1/s1. The first kappa shape index (κ1) is 22.9. The fraction of sp³-hybridized carbons (Fsp3) is 0.947. The number of carbonyl (C=O) groups is 1.